The van der Waals surface area contributed by atoms with E-state index in [0.717, 1.165) is 22.6 Å². The third-order valence-electron chi connectivity index (χ3n) is 4.77. The lowest BCUT2D eigenvalue weighted by atomic mass is 10.1. The molecule has 1 aliphatic heterocycles. The number of hydrogen-bond donors (Lipinski definition) is 1. The summed E-state index contributed by atoms with van der Waals surface area (Å²) in [4.78, 5) is 17.4. The van der Waals surface area contributed by atoms with E-state index in [1.165, 1.54) is 11.8 Å². The lowest BCUT2D eigenvalue weighted by molar-refractivity contribution is -0.134. The molecule has 0 amide bonds. The van der Waals surface area contributed by atoms with Gasteiger partial charge in [0.2, 0.25) is 5.90 Å². The van der Waals surface area contributed by atoms with E-state index in [2.05, 4.69) is 10.3 Å². The summed E-state index contributed by atoms with van der Waals surface area (Å²) in [6.07, 6.45) is 0. The molecule has 5 nitrogen and oxygen atoms in total. The van der Waals surface area contributed by atoms with Crippen molar-refractivity contribution in [3.63, 3.8) is 0 Å². The molecule has 0 radical (unpaired) electrons. The van der Waals surface area contributed by atoms with Crippen LogP contribution in [-0.4, -0.2) is 29.3 Å². The number of nitrogens with one attached hydrogen (secondary N) is 1. The van der Waals surface area contributed by atoms with Crippen LogP contribution in [0.3, 0.4) is 0 Å². The van der Waals surface area contributed by atoms with Crippen LogP contribution in [0.25, 0.3) is 0 Å². The number of nitrogens with zero attached hydrogens (tertiary/aromatic N) is 1. The highest BCUT2D eigenvalue weighted by Gasteiger charge is 2.38. The van der Waals surface area contributed by atoms with Gasteiger partial charge in [0.1, 0.15) is 10.1 Å². The monoisotopic (exact) mass is 482 g/mol. The van der Waals surface area contributed by atoms with Crippen molar-refractivity contribution < 1.29 is 14.3 Å². The number of hydrogen-bond acceptors (Lipinski definition) is 6. The van der Waals surface area contributed by atoms with Crippen LogP contribution in [0.2, 0.25) is 5.02 Å². The largest absolute Gasteiger partial charge is 0.497 e. The molecule has 0 saturated heterocycles. The number of aliphatic imine (C=N–C) groups is 1. The van der Waals surface area contributed by atoms with Crippen LogP contribution in [-0.2, 0) is 9.53 Å². The molecular formula is C24H19ClN2O3S2. The highest BCUT2D eigenvalue weighted by Crippen LogP contribution is 2.38. The Balaban J connectivity index is 1.58. The fraction of sp³-hybridized carbons (Fsp3) is 0.125. The average Bonchev–Trinajstić information content (AvgIpc) is 3.20. The number of thioether (sulfide) groups is 1. The molecule has 0 aromatic heterocycles. The number of halogens is 1. The van der Waals surface area contributed by atoms with Crippen LogP contribution in [0.15, 0.2) is 83.9 Å². The first-order chi connectivity index (χ1) is 15.5. The fourth-order valence-corrected chi connectivity index (χ4v) is 4.73. The molecule has 2 atom stereocenters. The molecule has 1 aliphatic rings. The molecule has 0 fully saturated rings. The summed E-state index contributed by atoms with van der Waals surface area (Å²) in [5.41, 5.74) is 2.45. The summed E-state index contributed by atoms with van der Waals surface area (Å²) >= 11 is 13.0. The van der Waals surface area contributed by atoms with Crippen molar-refractivity contribution in [3.05, 3.63) is 95.0 Å². The lowest BCUT2D eigenvalue weighted by Crippen LogP contribution is -2.24. The number of esters is 1. The van der Waals surface area contributed by atoms with Crippen molar-refractivity contribution >= 4 is 57.5 Å². The van der Waals surface area contributed by atoms with Crippen LogP contribution in [0.4, 0.5) is 5.69 Å². The molecule has 0 unspecified atom stereocenters. The summed E-state index contributed by atoms with van der Waals surface area (Å²) in [5.74, 6) is 0.655. The molecule has 0 bridgehead atoms. The normalized spacial score (nSPS) is 16.1. The number of thiocarbonyl (C=S) groups is 1. The maximum Gasteiger partial charge on any atom is 0.339 e. The summed E-state index contributed by atoms with van der Waals surface area (Å²) in [6.45, 7) is 0. The molecule has 3 aromatic carbocycles. The zero-order valence-corrected chi connectivity index (χ0v) is 19.4. The number of carbonyl (C=O) groups excluding carboxylic acids is 1. The predicted octanol–water partition coefficient (Wildman–Crippen LogP) is 5.89. The molecule has 1 heterocycles. The standard InChI is InChI=1S/C24H19ClN2O3S2/c1-29-19-13-11-18(12-14-19)26-24(31)32-21(15-7-9-17(25)10-8-15)20-23(28)30-22(27-20)16-5-3-2-4-6-16/h2-14,20-21H,1H3,(H,26,31)/t20-,21+/m0/s1. The van der Waals surface area contributed by atoms with E-state index < -0.39 is 12.0 Å². The van der Waals surface area contributed by atoms with E-state index >= 15 is 0 Å². The fourth-order valence-electron chi connectivity index (χ4n) is 3.17. The van der Waals surface area contributed by atoms with Gasteiger partial charge in [0, 0.05) is 16.3 Å². The summed E-state index contributed by atoms with van der Waals surface area (Å²) in [7, 11) is 1.62. The van der Waals surface area contributed by atoms with Crippen molar-refractivity contribution in [2.75, 3.05) is 12.4 Å². The number of carbonyl (C=O) groups is 1. The number of rotatable bonds is 6. The van der Waals surface area contributed by atoms with Crippen LogP contribution in [0, 0.1) is 0 Å². The highest BCUT2D eigenvalue weighted by molar-refractivity contribution is 8.23. The predicted molar refractivity (Wildman–Crippen MR) is 134 cm³/mol. The topological polar surface area (TPSA) is 59.9 Å². The average molecular weight is 483 g/mol. The Morgan fingerprint density at radius 1 is 1.09 bits per heavy atom. The SMILES string of the molecule is COc1ccc(NC(=S)S[C@H](c2ccc(Cl)cc2)[C@@H]2N=C(c3ccccc3)OC2=O)cc1. The summed E-state index contributed by atoms with van der Waals surface area (Å²) in [6, 6.07) is 23.4. The van der Waals surface area contributed by atoms with Gasteiger partial charge >= 0.3 is 5.97 Å². The number of methoxy groups -OCH3 is 1. The molecular weight excluding hydrogens is 464 g/mol. The lowest BCUT2D eigenvalue weighted by Gasteiger charge is -2.20. The Morgan fingerprint density at radius 2 is 1.78 bits per heavy atom. The third-order valence-corrected chi connectivity index (χ3v) is 6.51. The molecule has 1 N–H and O–H groups in total. The van der Waals surface area contributed by atoms with Crippen molar-refractivity contribution in [1.82, 2.24) is 0 Å². The van der Waals surface area contributed by atoms with Crippen molar-refractivity contribution in [2.45, 2.75) is 11.3 Å². The minimum atomic E-state index is -0.744. The first-order valence-electron chi connectivity index (χ1n) is 9.75. The Morgan fingerprint density at radius 3 is 2.44 bits per heavy atom. The van der Waals surface area contributed by atoms with Crippen molar-refractivity contribution in [3.8, 4) is 5.75 Å². The molecule has 0 spiro atoms. The van der Waals surface area contributed by atoms with E-state index in [4.69, 9.17) is 33.3 Å². The van der Waals surface area contributed by atoms with E-state index in [1.807, 2.05) is 66.7 Å². The third kappa shape index (κ3) is 5.30. The van der Waals surface area contributed by atoms with Gasteiger partial charge in [-0.05, 0) is 54.1 Å². The van der Waals surface area contributed by atoms with Crippen LogP contribution in [0.5, 0.6) is 5.75 Å². The van der Waals surface area contributed by atoms with Gasteiger partial charge in [0.15, 0.2) is 6.04 Å². The van der Waals surface area contributed by atoms with Gasteiger partial charge < -0.3 is 14.8 Å². The Labute approximate surface area is 200 Å². The highest BCUT2D eigenvalue weighted by atomic mass is 35.5. The van der Waals surface area contributed by atoms with Crippen LogP contribution < -0.4 is 10.1 Å². The molecule has 0 aliphatic carbocycles. The maximum absolute atomic E-state index is 12.8. The Hall–Kier alpha value is -2.87. The maximum atomic E-state index is 12.8. The molecule has 3 aromatic rings. The minimum Gasteiger partial charge on any atom is -0.497 e. The zero-order valence-electron chi connectivity index (χ0n) is 17.0. The van der Waals surface area contributed by atoms with E-state index in [9.17, 15) is 4.79 Å². The smallest absolute Gasteiger partial charge is 0.339 e. The van der Waals surface area contributed by atoms with E-state index in [-0.39, 0.29) is 5.25 Å². The summed E-state index contributed by atoms with van der Waals surface area (Å²) < 4.78 is 11.2. The van der Waals surface area contributed by atoms with Crippen molar-refractivity contribution in [2.24, 2.45) is 4.99 Å². The van der Waals surface area contributed by atoms with Gasteiger partial charge in [-0.2, -0.15) is 0 Å². The number of ether oxygens (including phenoxy) is 2. The Kier molecular flexibility index (Phi) is 7.09. The van der Waals surface area contributed by atoms with Gasteiger partial charge in [-0.25, -0.2) is 9.79 Å². The molecule has 4 rings (SSSR count). The van der Waals surface area contributed by atoms with Gasteiger partial charge in [-0.15, -0.1) is 0 Å². The minimum absolute atomic E-state index is 0.314. The van der Waals surface area contributed by atoms with E-state index in [0.29, 0.717) is 15.2 Å². The van der Waals surface area contributed by atoms with Gasteiger partial charge in [-0.1, -0.05) is 65.9 Å². The van der Waals surface area contributed by atoms with E-state index in [1.54, 1.807) is 19.2 Å². The number of benzene rings is 3. The van der Waals surface area contributed by atoms with Gasteiger partial charge in [0.25, 0.3) is 0 Å². The van der Waals surface area contributed by atoms with Gasteiger partial charge in [0.05, 0.1) is 12.4 Å². The molecule has 8 heteroatoms. The van der Waals surface area contributed by atoms with Gasteiger partial charge in [-0.3, -0.25) is 0 Å². The first-order valence-corrected chi connectivity index (χ1v) is 11.4. The Bertz CT molecular complexity index is 1140. The quantitative estimate of drug-likeness (QED) is 0.349. The first kappa shape index (κ1) is 22.3. The van der Waals surface area contributed by atoms with Crippen LogP contribution in [0.1, 0.15) is 16.4 Å². The number of anilines is 1. The second kappa shape index (κ2) is 10.2. The molecule has 162 valence electrons. The molecule has 0 saturated carbocycles. The van der Waals surface area contributed by atoms with Crippen molar-refractivity contribution in [1.29, 1.82) is 0 Å². The second-order valence-corrected chi connectivity index (χ2v) is 9.15. The summed E-state index contributed by atoms with van der Waals surface area (Å²) in [5, 5.41) is 3.42. The number of cyclic esters (lactones) is 1. The second-order valence-electron chi connectivity index (χ2n) is 6.90. The van der Waals surface area contributed by atoms with Crippen LogP contribution >= 0.6 is 35.6 Å². The zero-order chi connectivity index (χ0) is 22.5. The molecule has 32 heavy (non-hydrogen) atoms.